The zero-order valence-electron chi connectivity index (χ0n) is 19.0. The highest BCUT2D eigenvalue weighted by Gasteiger charge is 2.42. The molecule has 2 aliphatic heterocycles. The van der Waals surface area contributed by atoms with E-state index in [9.17, 15) is 9.59 Å². The molecule has 2 heterocycles. The molecule has 176 valence electrons. The van der Waals surface area contributed by atoms with Crippen LogP contribution in [0.1, 0.15) is 24.5 Å². The van der Waals surface area contributed by atoms with Gasteiger partial charge in [-0.25, -0.2) is 9.89 Å². The highest BCUT2D eigenvalue weighted by atomic mass is 35.5. The van der Waals surface area contributed by atoms with Crippen LogP contribution in [0.2, 0.25) is 5.02 Å². The molecule has 1 N–H and O–H groups in total. The molecule has 0 bridgehead atoms. The van der Waals surface area contributed by atoms with Gasteiger partial charge in [-0.15, -0.1) is 0 Å². The highest BCUT2D eigenvalue weighted by molar-refractivity contribution is 8.15. The molecule has 0 saturated heterocycles. The average Bonchev–Trinajstić information content (AvgIpc) is 3.19. The second kappa shape index (κ2) is 10.1. The van der Waals surface area contributed by atoms with Crippen LogP contribution in [0.4, 0.5) is 11.4 Å². The van der Waals surface area contributed by atoms with Crippen LogP contribution in [0.25, 0.3) is 0 Å². The fourth-order valence-electron chi connectivity index (χ4n) is 4.09. The van der Waals surface area contributed by atoms with E-state index >= 15 is 0 Å². The maximum atomic E-state index is 13.5. The van der Waals surface area contributed by atoms with E-state index in [1.165, 1.54) is 11.8 Å². The number of rotatable bonds is 6. The largest absolute Gasteiger partial charge is 0.325 e. The van der Waals surface area contributed by atoms with Crippen molar-refractivity contribution in [3.8, 4) is 0 Å². The molecule has 35 heavy (non-hydrogen) atoms. The van der Waals surface area contributed by atoms with Crippen LogP contribution >= 0.6 is 23.4 Å². The Bertz CT molecular complexity index is 1340. The molecular weight excluding hydrogens is 480 g/mol. The molecule has 8 heteroatoms. The quantitative estimate of drug-likeness (QED) is 0.470. The maximum Gasteiger partial charge on any atom is 0.259 e. The van der Waals surface area contributed by atoms with Crippen LogP contribution in [0.15, 0.2) is 88.8 Å². The van der Waals surface area contributed by atoms with Crippen molar-refractivity contribution in [2.75, 3.05) is 5.32 Å². The van der Waals surface area contributed by atoms with Crippen molar-refractivity contribution in [2.24, 2.45) is 9.98 Å². The number of amidine groups is 2. The van der Waals surface area contributed by atoms with Crippen LogP contribution in [-0.2, 0) is 16.0 Å². The summed E-state index contributed by atoms with van der Waals surface area (Å²) >= 11 is 7.34. The van der Waals surface area contributed by atoms with E-state index in [1.807, 2.05) is 61.5 Å². The molecule has 0 spiro atoms. The Morgan fingerprint density at radius 1 is 1.09 bits per heavy atom. The SMILES string of the molecule is CCC(SC1=Nc2ccccc2C2=NC(Cc3ccccc3)C(=O)N12)C(=O)Nc1cccc(Cl)c1. The molecule has 2 amide bonds. The number of thioether (sulfide) groups is 1. The first kappa shape index (κ1) is 23.3. The van der Waals surface area contributed by atoms with Gasteiger partial charge in [-0.1, -0.05) is 78.8 Å². The third-order valence-electron chi connectivity index (χ3n) is 5.82. The summed E-state index contributed by atoms with van der Waals surface area (Å²) in [6, 6.07) is 24.0. The summed E-state index contributed by atoms with van der Waals surface area (Å²) in [7, 11) is 0. The number of para-hydroxylation sites is 1. The molecular formula is C27H23ClN4O2S. The van der Waals surface area contributed by atoms with Crippen LogP contribution in [0.3, 0.4) is 0 Å². The van der Waals surface area contributed by atoms with E-state index in [4.69, 9.17) is 21.6 Å². The van der Waals surface area contributed by atoms with Crippen LogP contribution in [0.5, 0.6) is 0 Å². The zero-order chi connectivity index (χ0) is 24.4. The fraction of sp³-hybridized carbons (Fsp3) is 0.185. The Morgan fingerprint density at radius 3 is 2.63 bits per heavy atom. The van der Waals surface area contributed by atoms with Crippen molar-refractivity contribution in [1.82, 2.24) is 4.90 Å². The van der Waals surface area contributed by atoms with Gasteiger partial charge in [0.15, 0.2) is 5.17 Å². The number of nitrogens with one attached hydrogen (secondary N) is 1. The molecule has 2 aliphatic rings. The van der Waals surface area contributed by atoms with E-state index in [0.29, 0.717) is 34.6 Å². The number of halogens is 1. The first-order chi connectivity index (χ1) is 17.0. The van der Waals surface area contributed by atoms with Gasteiger partial charge >= 0.3 is 0 Å². The standard InChI is InChI=1S/C27H23ClN4O2S/c1-2-23(25(33)29-19-12-8-11-18(28)16-19)35-27-31-21-14-7-6-13-20(21)24-30-22(26(34)32(24)27)15-17-9-4-3-5-10-17/h3-14,16,22-23H,2,15H2,1H3,(H,29,33). The molecule has 2 atom stereocenters. The van der Waals surface area contributed by atoms with E-state index in [-0.39, 0.29) is 11.8 Å². The van der Waals surface area contributed by atoms with Gasteiger partial charge < -0.3 is 5.32 Å². The summed E-state index contributed by atoms with van der Waals surface area (Å²) in [6.07, 6.45) is 1.06. The molecule has 0 fully saturated rings. The monoisotopic (exact) mass is 502 g/mol. The second-order valence-corrected chi connectivity index (χ2v) is 9.86. The summed E-state index contributed by atoms with van der Waals surface area (Å²) < 4.78 is 0. The van der Waals surface area contributed by atoms with Crippen molar-refractivity contribution >= 4 is 57.6 Å². The maximum absolute atomic E-state index is 13.5. The Hall–Kier alpha value is -3.42. The third-order valence-corrected chi connectivity index (χ3v) is 7.37. The lowest BCUT2D eigenvalue weighted by Gasteiger charge is -2.27. The van der Waals surface area contributed by atoms with E-state index < -0.39 is 11.3 Å². The molecule has 0 aromatic heterocycles. The third kappa shape index (κ3) is 4.88. The Balaban J connectivity index is 1.42. The molecule has 0 aliphatic carbocycles. The molecule has 5 rings (SSSR count). The summed E-state index contributed by atoms with van der Waals surface area (Å²) in [6.45, 7) is 1.94. The Kier molecular flexibility index (Phi) is 6.70. The van der Waals surface area contributed by atoms with E-state index in [2.05, 4.69) is 5.32 Å². The molecule has 0 radical (unpaired) electrons. The van der Waals surface area contributed by atoms with Crippen LogP contribution in [-0.4, -0.2) is 39.0 Å². The second-order valence-electron chi connectivity index (χ2n) is 8.26. The van der Waals surface area contributed by atoms with Crippen molar-refractivity contribution in [1.29, 1.82) is 0 Å². The molecule has 0 saturated carbocycles. The Labute approximate surface area is 213 Å². The number of nitrogens with zero attached hydrogens (tertiary/aromatic N) is 3. The lowest BCUT2D eigenvalue weighted by atomic mass is 10.1. The van der Waals surface area contributed by atoms with Gasteiger partial charge in [-0.2, -0.15) is 0 Å². The number of carbonyl (C=O) groups excluding carboxylic acids is 2. The number of benzene rings is 3. The first-order valence-corrected chi connectivity index (χ1v) is 12.7. The summed E-state index contributed by atoms with van der Waals surface area (Å²) in [5.41, 5.74) is 3.22. The van der Waals surface area contributed by atoms with E-state index in [0.717, 1.165) is 16.8 Å². The smallest absolute Gasteiger partial charge is 0.259 e. The van der Waals surface area contributed by atoms with Crippen molar-refractivity contribution in [3.05, 3.63) is 95.0 Å². The number of amides is 2. The number of hydrogen-bond donors (Lipinski definition) is 1. The van der Waals surface area contributed by atoms with E-state index in [1.54, 1.807) is 29.2 Å². The molecule has 3 aromatic carbocycles. The minimum Gasteiger partial charge on any atom is -0.325 e. The molecule has 2 unspecified atom stereocenters. The highest BCUT2D eigenvalue weighted by Crippen LogP contribution is 2.36. The number of fused-ring (bicyclic) bond motifs is 3. The lowest BCUT2D eigenvalue weighted by molar-refractivity contribution is -0.124. The number of carbonyl (C=O) groups is 2. The van der Waals surface area contributed by atoms with Gasteiger partial charge in [0.25, 0.3) is 5.91 Å². The average molecular weight is 503 g/mol. The van der Waals surface area contributed by atoms with Crippen LogP contribution < -0.4 is 5.32 Å². The van der Waals surface area contributed by atoms with Gasteiger partial charge in [0.2, 0.25) is 5.91 Å². The molecule has 6 nitrogen and oxygen atoms in total. The minimum absolute atomic E-state index is 0.130. The van der Waals surface area contributed by atoms with Crippen LogP contribution in [0, 0.1) is 0 Å². The topological polar surface area (TPSA) is 74.1 Å². The number of anilines is 1. The number of aliphatic imine (C=N–C) groups is 2. The number of hydrogen-bond acceptors (Lipinski definition) is 5. The van der Waals surface area contributed by atoms with Crippen molar-refractivity contribution in [3.63, 3.8) is 0 Å². The minimum atomic E-state index is -0.537. The Morgan fingerprint density at radius 2 is 1.86 bits per heavy atom. The molecule has 3 aromatic rings. The van der Waals surface area contributed by atoms with Gasteiger partial charge in [-0.3, -0.25) is 14.6 Å². The summed E-state index contributed by atoms with van der Waals surface area (Å²) in [5.74, 6) is 0.288. The lowest BCUT2D eigenvalue weighted by Crippen LogP contribution is -2.42. The zero-order valence-corrected chi connectivity index (χ0v) is 20.6. The van der Waals surface area contributed by atoms with Gasteiger partial charge in [0.1, 0.15) is 11.9 Å². The normalized spacial score (nSPS) is 17.3. The van der Waals surface area contributed by atoms with Gasteiger partial charge in [0.05, 0.1) is 10.9 Å². The fourth-order valence-corrected chi connectivity index (χ4v) is 5.30. The summed E-state index contributed by atoms with van der Waals surface area (Å²) in [4.78, 5) is 37.8. The summed E-state index contributed by atoms with van der Waals surface area (Å²) in [5, 5.41) is 3.48. The first-order valence-electron chi connectivity index (χ1n) is 11.4. The van der Waals surface area contributed by atoms with Crippen molar-refractivity contribution < 1.29 is 9.59 Å². The predicted molar refractivity (Wildman–Crippen MR) is 143 cm³/mol. The van der Waals surface area contributed by atoms with Gasteiger partial charge in [-0.05, 0) is 42.3 Å². The van der Waals surface area contributed by atoms with Gasteiger partial charge in [0, 0.05) is 22.7 Å². The predicted octanol–water partition coefficient (Wildman–Crippen LogP) is 5.69. The van der Waals surface area contributed by atoms with Crippen molar-refractivity contribution in [2.45, 2.75) is 31.1 Å².